The lowest BCUT2D eigenvalue weighted by molar-refractivity contribution is 0.747. The Hall–Kier alpha value is -1.60. The minimum absolute atomic E-state index is 0.755. The summed E-state index contributed by atoms with van der Waals surface area (Å²) in [5.74, 6) is 1.54. The van der Waals surface area contributed by atoms with Gasteiger partial charge >= 0.3 is 0 Å². The van der Waals surface area contributed by atoms with Gasteiger partial charge in [0.15, 0.2) is 0 Å². The van der Waals surface area contributed by atoms with E-state index in [1.54, 1.807) is 16.7 Å². The summed E-state index contributed by atoms with van der Waals surface area (Å²) in [6.45, 7) is 3.36. The Bertz CT molecular complexity index is 606. The standard InChI is InChI=1S/C22H29N/c1-3-9-17(14-15-23-2)22(18-10-5-4-6-11-18)20-13-8-7-12-19-16-21(19)20/h4-7,10-13,19,21,23H,3,8-9,14-16H2,1-2H3/b22-17-. The van der Waals surface area contributed by atoms with Crippen molar-refractivity contribution in [3.63, 3.8) is 0 Å². The van der Waals surface area contributed by atoms with Crippen molar-refractivity contribution in [2.75, 3.05) is 13.6 Å². The molecular weight excluding hydrogens is 278 g/mol. The maximum Gasteiger partial charge on any atom is -0.00143 e. The molecule has 0 amide bonds. The quantitative estimate of drug-likeness (QED) is 0.668. The lowest BCUT2D eigenvalue weighted by atomic mass is 9.86. The summed E-state index contributed by atoms with van der Waals surface area (Å²) >= 11 is 0. The number of allylic oxidation sites excluding steroid dienone is 5. The first-order chi connectivity index (χ1) is 11.3. The van der Waals surface area contributed by atoms with Crippen molar-refractivity contribution in [1.82, 2.24) is 5.32 Å². The smallest absolute Gasteiger partial charge is 0.00143 e. The second kappa shape index (κ2) is 7.79. The number of nitrogens with one attached hydrogen (secondary N) is 1. The van der Waals surface area contributed by atoms with Crippen LogP contribution < -0.4 is 5.32 Å². The van der Waals surface area contributed by atoms with Gasteiger partial charge in [0, 0.05) is 0 Å². The zero-order chi connectivity index (χ0) is 16.1. The third-order valence-corrected chi connectivity index (χ3v) is 5.03. The Morgan fingerprint density at radius 1 is 1.17 bits per heavy atom. The van der Waals surface area contributed by atoms with Crippen LogP contribution in [-0.2, 0) is 0 Å². The van der Waals surface area contributed by atoms with E-state index in [0.29, 0.717) is 0 Å². The van der Waals surface area contributed by atoms with Crippen LogP contribution in [0.4, 0.5) is 0 Å². The molecule has 1 aromatic rings. The van der Waals surface area contributed by atoms with Crippen LogP contribution in [0.15, 0.2) is 59.7 Å². The predicted molar refractivity (Wildman–Crippen MR) is 100 cm³/mol. The van der Waals surface area contributed by atoms with Crippen molar-refractivity contribution in [1.29, 1.82) is 0 Å². The monoisotopic (exact) mass is 307 g/mol. The number of fused-ring (bicyclic) bond motifs is 1. The van der Waals surface area contributed by atoms with Crippen LogP contribution >= 0.6 is 0 Å². The van der Waals surface area contributed by atoms with E-state index >= 15 is 0 Å². The SMILES string of the molecule is CCC/C(CCNC)=C(/C1=CCC=CC2CC12)c1ccccc1. The fourth-order valence-corrected chi connectivity index (χ4v) is 3.80. The van der Waals surface area contributed by atoms with Crippen LogP contribution in [0.2, 0.25) is 0 Å². The summed E-state index contributed by atoms with van der Waals surface area (Å²) in [6, 6.07) is 11.1. The van der Waals surface area contributed by atoms with Gasteiger partial charge in [-0.15, -0.1) is 0 Å². The molecule has 1 aromatic carbocycles. The number of rotatable bonds is 7. The van der Waals surface area contributed by atoms with Gasteiger partial charge < -0.3 is 5.32 Å². The van der Waals surface area contributed by atoms with Crippen molar-refractivity contribution in [2.45, 2.75) is 39.0 Å². The Morgan fingerprint density at radius 3 is 2.74 bits per heavy atom. The molecule has 3 rings (SSSR count). The van der Waals surface area contributed by atoms with E-state index in [1.165, 1.54) is 24.8 Å². The van der Waals surface area contributed by atoms with Gasteiger partial charge in [-0.1, -0.05) is 67.5 Å². The van der Waals surface area contributed by atoms with E-state index < -0.39 is 0 Å². The highest BCUT2D eigenvalue weighted by Crippen LogP contribution is 2.51. The molecule has 1 saturated carbocycles. The number of benzene rings is 1. The summed E-state index contributed by atoms with van der Waals surface area (Å²) in [5, 5.41) is 3.33. The molecule has 0 bridgehead atoms. The molecule has 0 radical (unpaired) electrons. The summed E-state index contributed by atoms with van der Waals surface area (Å²) in [4.78, 5) is 0. The molecule has 2 atom stereocenters. The van der Waals surface area contributed by atoms with Gasteiger partial charge in [0.25, 0.3) is 0 Å². The normalized spacial score (nSPS) is 23.7. The first kappa shape index (κ1) is 16.3. The van der Waals surface area contributed by atoms with Crippen molar-refractivity contribution in [2.24, 2.45) is 11.8 Å². The molecular formula is C22H29N. The van der Waals surface area contributed by atoms with E-state index in [4.69, 9.17) is 0 Å². The van der Waals surface area contributed by atoms with E-state index in [-0.39, 0.29) is 0 Å². The van der Waals surface area contributed by atoms with Crippen LogP contribution in [0.5, 0.6) is 0 Å². The van der Waals surface area contributed by atoms with Gasteiger partial charge in [-0.05, 0) is 67.8 Å². The molecule has 0 spiro atoms. The largest absolute Gasteiger partial charge is 0.319 e. The third kappa shape index (κ3) is 3.84. The van der Waals surface area contributed by atoms with Gasteiger partial charge in [-0.2, -0.15) is 0 Å². The van der Waals surface area contributed by atoms with Crippen LogP contribution in [0.25, 0.3) is 5.57 Å². The summed E-state index contributed by atoms with van der Waals surface area (Å²) in [7, 11) is 2.05. The van der Waals surface area contributed by atoms with Crippen LogP contribution in [0, 0.1) is 11.8 Å². The minimum Gasteiger partial charge on any atom is -0.319 e. The molecule has 1 heteroatoms. The molecule has 0 heterocycles. The van der Waals surface area contributed by atoms with Gasteiger partial charge in [-0.25, -0.2) is 0 Å². The van der Waals surface area contributed by atoms with E-state index in [1.807, 2.05) is 0 Å². The fraction of sp³-hybridized carbons (Fsp3) is 0.455. The van der Waals surface area contributed by atoms with Crippen LogP contribution in [-0.4, -0.2) is 13.6 Å². The Labute approximate surface area is 141 Å². The Kier molecular flexibility index (Phi) is 5.51. The molecule has 1 N–H and O–H groups in total. The first-order valence-electron chi connectivity index (χ1n) is 9.14. The topological polar surface area (TPSA) is 12.0 Å². The molecule has 0 saturated heterocycles. The highest BCUT2D eigenvalue weighted by molar-refractivity contribution is 5.83. The van der Waals surface area contributed by atoms with Crippen LogP contribution in [0.3, 0.4) is 0 Å². The molecule has 122 valence electrons. The number of hydrogen-bond acceptors (Lipinski definition) is 1. The van der Waals surface area contributed by atoms with Crippen molar-refractivity contribution >= 4 is 5.57 Å². The van der Waals surface area contributed by atoms with Crippen molar-refractivity contribution in [3.8, 4) is 0 Å². The Morgan fingerprint density at radius 2 is 2.00 bits per heavy atom. The molecule has 0 aliphatic heterocycles. The zero-order valence-corrected chi connectivity index (χ0v) is 14.5. The molecule has 2 unspecified atom stereocenters. The molecule has 2 aliphatic carbocycles. The van der Waals surface area contributed by atoms with E-state index in [0.717, 1.165) is 31.2 Å². The second-order valence-electron chi connectivity index (χ2n) is 6.78. The van der Waals surface area contributed by atoms with Crippen LogP contribution in [0.1, 0.15) is 44.6 Å². The average Bonchev–Trinajstić information content (AvgIpc) is 3.35. The first-order valence-corrected chi connectivity index (χ1v) is 9.14. The Balaban J connectivity index is 2.04. The summed E-state index contributed by atoms with van der Waals surface area (Å²) in [6.07, 6.45) is 13.3. The third-order valence-electron chi connectivity index (χ3n) is 5.03. The van der Waals surface area contributed by atoms with Crippen molar-refractivity contribution < 1.29 is 0 Å². The molecule has 2 aliphatic rings. The summed E-state index contributed by atoms with van der Waals surface area (Å²) in [5.41, 5.74) is 6.21. The minimum atomic E-state index is 0.755. The highest BCUT2D eigenvalue weighted by Gasteiger charge is 2.40. The average molecular weight is 307 g/mol. The highest BCUT2D eigenvalue weighted by atomic mass is 14.8. The maximum absolute atomic E-state index is 3.33. The molecule has 23 heavy (non-hydrogen) atoms. The van der Waals surface area contributed by atoms with E-state index in [9.17, 15) is 0 Å². The van der Waals surface area contributed by atoms with Gasteiger partial charge in [0.2, 0.25) is 0 Å². The lowest BCUT2D eigenvalue weighted by Crippen LogP contribution is -2.10. The second-order valence-corrected chi connectivity index (χ2v) is 6.78. The summed E-state index contributed by atoms with van der Waals surface area (Å²) < 4.78 is 0. The van der Waals surface area contributed by atoms with Gasteiger partial charge in [0.05, 0.1) is 0 Å². The van der Waals surface area contributed by atoms with Crippen molar-refractivity contribution in [3.05, 3.63) is 65.3 Å². The zero-order valence-electron chi connectivity index (χ0n) is 14.5. The molecule has 1 fully saturated rings. The lowest BCUT2D eigenvalue weighted by Gasteiger charge is -2.19. The predicted octanol–water partition coefficient (Wildman–Crippen LogP) is 5.37. The fourth-order valence-electron chi connectivity index (χ4n) is 3.80. The van der Waals surface area contributed by atoms with E-state index in [2.05, 4.69) is 67.8 Å². The number of hydrogen-bond donors (Lipinski definition) is 1. The van der Waals surface area contributed by atoms with Gasteiger partial charge in [-0.3, -0.25) is 0 Å². The van der Waals surface area contributed by atoms with Gasteiger partial charge in [0.1, 0.15) is 0 Å². The maximum atomic E-state index is 3.33. The molecule has 1 nitrogen and oxygen atoms in total. The molecule has 0 aromatic heterocycles.